The molecule has 1 unspecified atom stereocenters. The SMILES string of the molecule is CC(O)COCC(F)(F)C(F)F. The third-order valence-corrected chi connectivity index (χ3v) is 0.973. The van der Waals surface area contributed by atoms with Crippen LogP contribution >= 0.6 is 0 Å². The summed E-state index contributed by atoms with van der Waals surface area (Å²) in [6, 6.07) is 0. The predicted molar refractivity (Wildman–Crippen MR) is 33.5 cm³/mol. The van der Waals surface area contributed by atoms with Gasteiger partial charge in [-0.1, -0.05) is 0 Å². The smallest absolute Gasteiger partial charge is 0.330 e. The van der Waals surface area contributed by atoms with Gasteiger partial charge in [-0.05, 0) is 6.92 Å². The number of ether oxygens (including phenoxy) is 1. The van der Waals surface area contributed by atoms with Gasteiger partial charge in [0.1, 0.15) is 6.61 Å². The zero-order valence-corrected chi connectivity index (χ0v) is 6.44. The van der Waals surface area contributed by atoms with Gasteiger partial charge in [-0.2, -0.15) is 8.78 Å². The number of aliphatic hydroxyl groups is 1. The number of rotatable bonds is 5. The molecule has 0 saturated carbocycles. The van der Waals surface area contributed by atoms with Crippen molar-refractivity contribution in [2.75, 3.05) is 13.2 Å². The lowest BCUT2D eigenvalue weighted by atomic mass is 10.4. The molecule has 0 aromatic heterocycles. The lowest BCUT2D eigenvalue weighted by molar-refractivity contribution is -0.170. The van der Waals surface area contributed by atoms with Gasteiger partial charge in [0.05, 0.1) is 12.7 Å². The second-order valence-corrected chi connectivity index (χ2v) is 2.43. The van der Waals surface area contributed by atoms with Gasteiger partial charge in [0.15, 0.2) is 0 Å². The molecule has 0 spiro atoms. The molecular formula is C6H10F4O2. The van der Waals surface area contributed by atoms with Gasteiger partial charge in [-0.25, -0.2) is 8.78 Å². The molecule has 74 valence electrons. The van der Waals surface area contributed by atoms with E-state index in [-0.39, 0.29) is 6.61 Å². The van der Waals surface area contributed by atoms with Crippen LogP contribution < -0.4 is 0 Å². The topological polar surface area (TPSA) is 29.5 Å². The summed E-state index contributed by atoms with van der Waals surface area (Å²) < 4.78 is 51.1. The molecule has 0 fully saturated rings. The van der Waals surface area contributed by atoms with E-state index in [0.29, 0.717) is 0 Å². The second-order valence-electron chi connectivity index (χ2n) is 2.43. The summed E-state index contributed by atoms with van der Waals surface area (Å²) in [5, 5.41) is 8.53. The minimum atomic E-state index is -4.13. The largest absolute Gasteiger partial charge is 0.391 e. The molecule has 0 aliphatic carbocycles. The maximum absolute atomic E-state index is 12.0. The Morgan fingerprint density at radius 1 is 1.42 bits per heavy atom. The van der Waals surface area contributed by atoms with Crippen LogP contribution in [0.5, 0.6) is 0 Å². The minimum Gasteiger partial charge on any atom is -0.391 e. The molecule has 0 amide bonds. The monoisotopic (exact) mass is 190 g/mol. The van der Waals surface area contributed by atoms with Crippen molar-refractivity contribution < 1.29 is 27.4 Å². The summed E-state index contributed by atoms with van der Waals surface area (Å²) in [7, 11) is 0. The van der Waals surface area contributed by atoms with Crippen molar-refractivity contribution in [3.8, 4) is 0 Å². The summed E-state index contributed by atoms with van der Waals surface area (Å²) in [6.07, 6.45) is -4.66. The number of hydrogen-bond acceptors (Lipinski definition) is 2. The summed E-state index contributed by atoms with van der Waals surface area (Å²) in [5.41, 5.74) is 0. The standard InChI is InChI=1S/C6H10F4O2/c1-4(11)2-12-3-6(9,10)5(7)8/h4-5,11H,2-3H2,1H3. The van der Waals surface area contributed by atoms with E-state index < -0.39 is 25.1 Å². The summed E-state index contributed by atoms with van der Waals surface area (Å²) in [6.45, 7) is -0.432. The minimum absolute atomic E-state index is 0.373. The van der Waals surface area contributed by atoms with Gasteiger partial charge >= 0.3 is 12.3 Å². The van der Waals surface area contributed by atoms with Gasteiger partial charge in [-0.3, -0.25) is 0 Å². The average molecular weight is 190 g/mol. The highest BCUT2D eigenvalue weighted by molar-refractivity contribution is 4.67. The van der Waals surface area contributed by atoms with Crippen molar-refractivity contribution in [1.29, 1.82) is 0 Å². The average Bonchev–Trinajstić information content (AvgIpc) is 1.85. The Hall–Kier alpha value is -0.360. The summed E-state index contributed by atoms with van der Waals surface area (Å²) in [5.74, 6) is -4.13. The van der Waals surface area contributed by atoms with E-state index in [9.17, 15) is 17.6 Å². The van der Waals surface area contributed by atoms with Crippen molar-refractivity contribution in [2.24, 2.45) is 0 Å². The van der Waals surface area contributed by atoms with Crippen LogP contribution in [0.2, 0.25) is 0 Å². The number of alkyl halides is 4. The van der Waals surface area contributed by atoms with Crippen LogP contribution in [-0.4, -0.2) is 36.8 Å². The molecule has 1 N–H and O–H groups in total. The van der Waals surface area contributed by atoms with E-state index in [1.165, 1.54) is 6.92 Å². The number of halogens is 4. The van der Waals surface area contributed by atoms with E-state index in [4.69, 9.17) is 5.11 Å². The lowest BCUT2D eigenvalue weighted by Gasteiger charge is -2.15. The van der Waals surface area contributed by atoms with Crippen LogP contribution in [0.3, 0.4) is 0 Å². The maximum Gasteiger partial charge on any atom is 0.330 e. The first-order valence-corrected chi connectivity index (χ1v) is 3.28. The Morgan fingerprint density at radius 2 is 1.92 bits per heavy atom. The normalized spacial score (nSPS) is 15.2. The van der Waals surface area contributed by atoms with Crippen LogP contribution in [0.25, 0.3) is 0 Å². The third kappa shape index (κ3) is 4.50. The molecule has 0 aromatic rings. The Bertz CT molecular complexity index is 127. The number of aliphatic hydroxyl groups excluding tert-OH is 1. The van der Waals surface area contributed by atoms with E-state index in [1.54, 1.807) is 0 Å². The zero-order chi connectivity index (χ0) is 9.78. The molecule has 0 aliphatic rings. The van der Waals surface area contributed by atoms with Crippen LogP contribution in [-0.2, 0) is 4.74 Å². The van der Waals surface area contributed by atoms with Gasteiger partial charge in [0, 0.05) is 0 Å². The van der Waals surface area contributed by atoms with Crippen LogP contribution in [0, 0.1) is 0 Å². The second kappa shape index (κ2) is 4.61. The van der Waals surface area contributed by atoms with E-state index in [0.717, 1.165) is 0 Å². The van der Waals surface area contributed by atoms with E-state index in [1.807, 2.05) is 0 Å². The fourth-order valence-corrected chi connectivity index (χ4v) is 0.429. The van der Waals surface area contributed by atoms with Crippen LogP contribution in [0.4, 0.5) is 17.6 Å². The molecule has 0 heterocycles. The molecular weight excluding hydrogens is 180 g/mol. The van der Waals surface area contributed by atoms with Crippen molar-refractivity contribution in [3.63, 3.8) is 0 Å². The van der Waals surface area contributed by atoms with E-state index in [2.05, 4.69) is 4.74 Å². The highest BCUT2D eigenvalue weighted by Crippen LogP contribution is 2.22. The first-order chi connectivity index (χ1) is 5.36. The van der Waals surface area contributed by atoms with Crippen molar-refractivity contribution in [2.45, 2.75) is 25.4 Å². The molecule has 0 saturated heterocycles. The van der Waals surface area contributed by atoms with E-state index >= 15 is 0 Å². The molecule has 6 heteroatoms. The quantitative estimate of drug-likeness (QED) is 0.662. The first kappa shape index (κ1) is 11.6. The number of hydrogen-bond donors (Lipinski definition) is 1. The molecule has 12 heavy (non-hydrogen) atoms. The maximum atomic E-state index is 12.0. The highest BCUT2D eigenvalue weighted by Gasteiger charge is 2.40. The fourth-order valence-electron chi connectivity index (χ4n) is 0.429. The van der Waals surface area contributed by atoms with Gasteiger partial charge < -0.3 is 9.84 Å². The van der Waals surface area contributed by atoms with Crippen LogP contribution in [0.15, 0.2) is 0 Å². The molecule has 0 rings (SSSR count). The van der Waals surface area contributed by atoms with Gasteiger partial charge in [0.25, 0.3) is 0 Å². The van der Waals surface area contributed by atoms with Crippen molar-refractivity contribution >= 4 is 0 Å². The summed E-state index contributed by atoms with van der Waals surface area (Å²) in [4.78, 5) is 0. The Labute approximate surface area is 67.1 Å². The molecule has 1 atom stereocenters. The molecule has 2 nitrogen and oxygen atoms in total. The molecule has 0 aromatic carbocycles. The highest BCUT2D eigenvalue weighted by atomic mass is 19.3. The lowest BCUT2D eigenvalue weighted by Crippen LogP contribution is -2.33. The van der Waals surface area contributed by atoms with Gasteiger partial charge in [0.2, 0.25) is 0 Å². The zero-order valence-electron chi connectivity index (χ0n) is 6.44. The Morgan fingerprint density at radius 3 is 2.25 bits per heavy atom. The molecule has 0 bridgehead atoms. The fraction of sp³-hybridized carbons (Fsp3) is 1.00. The van der Waals surface area contributed by atoms with Crippen molar-refractivity contribution in [1.82, 2.24) is 0 Å². The van der Waals surface area contributed by atoms with Crippen molar-refractivity contribution in [3.05, 3.63) is 0 Å². The first-order valence-electron chi connectivity index (χ1n) is 3.28. The Balaban J connectivity index is 3.61. The summed E-state index contributed by atoms with van der Waals surface area (Å²) >= 11 is 0. The Kier molecular flexibility index (Phi) is 4.47. The van der Waals surface area contributed by atoms with Gasteiger partial charge in [-0.15, -0.1) is 0 Å². The predicted octanol–water partition coefficient (Wildman–Crippen LogP) is 1.28. The molecule has 0 radical (unpaired) electrons. The molecule has 0 aliphatic heterocycles. The van der Waals surface area contributed by atoms with Crippen LogP contribution in [0.1, 0.15) is 6.92 Å². The third-order valence-electron chi connectivity index (χ3n) is 0.973.